The van der Waals surface area contributed by atoms with E-state index in [2.05, 4.69) is 5.32 Å². The Kier molecular flexibility index (Phi) is 2.56. The zero-order chi connectivity index (χ0) is 12.5. The fourth-order valence-electron chi connectivity index (χ4n) is 1.69. The lowest BCUT2D eigenvalue weighted by atomic mass is 10.1. The zero-order valence-corrected chi connectivity index (χ0v) is 10.1. The van der Waals surface area contributed by atoms with Crippen LogP contribution >= 0.6 is 11.3 Å². The first-order valence-corrected chi connectivity index (χ1v) is 6.21. The number of anilines is 2. The van der Waals surface area contributed by atoms with Crippen molar-refractivity contribution in [1.82, 2.24) is 0 Å². The molecule has 2 aromatic rings. The van der Waals surface area contributed by atoms with Gasteiger partial charge in [-0.15, -0.1) is 0 Å². The molecule has 3 rings (SSSR count). The standard InChI is InChI=1S/C12H10N2O3S/c13-9-4-11-10(16-6-17-11)3-8(9)12(15)14-7-1-2-18-5-7/h1-5H,6,13H2,(H,14,15). The van der Waals surface area contributed by atoms with E-state index in [0.717, 1.165) is 5.69 Å². The smallest absolute Gasteiger partial charge is 0.257 e. The number of benzene rings is 1. The monoisotopic (exact) mass is 262 g/mol. The minimum absolute atomic E-state index is 0.157. The van der Waals surface area contributed by atoms with Gasteiger partial charge in [-0.05, 0) is 17.5 Å². The first kappa shape index (κ1) is 10.9. The largest absolute Gasteiger partial charge is 0.454 e. The van der Waals surface area contributed by atoms with E-state index < -0.39 is 0 Å². The van der Waals surface area contributed by atoms with Crippen molar-refractivity contribution >= 4 is 28.6 Å². The highest BCUT2D eigenvalue weighted by Gasteiger charge is 2.19. The second-order valence-electron chi connectivity index (χ2n) is 3.76. The average molecular weight is 262 g/mol. The lowest BCUT2D eigenvalue weighted by Crippen LogP contribution is -2.13. The number of hydrogen-bond acceptors (Lipinski definition) is 5. The van der Waals surface area contributed by atoms with Gasteiger partial charge >= 0.3 is 0 Å². The van der Waals surface area contributed by atoms with Crippen LogP contribution in [0.5, 0.6) is 11.5 Å². The van der Waals surface area contributed by atoms with E-state index in [-0.39, 0.29) is 12.7 Å². The second-order valence-corrected chi connectivity index (χ2v) is 4.54. The number of thiophene rings is 1. The van der Waals surface area contributed by atoms with E-state index in [1.807, 2.05) is 16.8 Å². The SMILES string of the molecule is Nc1cc2c(cc1C(=O)Nc1ccsc1)OCO2. The molecule has 0 saturated heterocycles. The summed E-state index contributed by atoms with van der Waals surface area (Å²) in [4.78, 5) is 12.0. The molecule has 0 saturated carbocycles. The van der Waals surface area contributed by atoms with Crippen molar-refractivity contribution in [3.05, 3.63) is 34.5 Å². The van der Waals surface area contributed by atoms with Gasteiger partial charge in [-0.25, -0.2) is 0 Å². The maximum Gasteiger partial charge on any atom is 0.257 e. The molecule has 0 fully saturated rings. The number of nitrogens with one attached hydrogen (secondary N) is 1. The van der Waals surface area contributed by atoms with E-state index in [9.17, 15) is 4.79 Å². The topological polar surface area (TPSA) is 73.6 Å². The van der Waals surface area contributed by atoms with Crippen molar-refractivity contribution in [1.29, 1.82) is 0 Å². The van der Waals surface area contributed by atoms with Crippen LogP contribution < -0.4 is 20.5 Å². The number of rotatable bonds is 2. The van der Waals surface area contributed by atoms with Crippen molar-refractivity contribution < 1.29 is 14.3 Å². The van der Waals surface area contributed by atoms with Crippen molar-refractivity contribution in [2.75, 3.05) is 17.8 Å². The number of hydrogen-bond donors (Lipinski definition) is 2. The summed E-state index contributed by atoms with van der Waals surface area (Å²) < 4.78 is 10.4. The van der Waals surface area contributed by atoms with Gasteiger partial charge in [0.05, 0.1) is 11.3 Å². The molecule has 1 aliphatic heterocycles. The number of nitrogen functional groups attached to an aromatic ring is 1. The Hall–Kier alpha value is -2.21. The van der Waals surface area contributed by atoms with E-state index in [4.69, 9.17) is 15.2 Å². The van der Waals surface area contributed by atoms with Crippen LogP contribution in [0.15, 0.2) is 29.0 Å². The van der Waals surface area contributed by atoms with Gasteiger partial charge in [-0.2, -0.15) is 11.3 Å². The van der Waals surface area contributed by atoms with Crippen LogP contribution in [0.1, 0.15) is 10.4 Å². The molecule has 0 radical (unpaired) electrons. The Balaban J connectivity index is 1.90. The third-order valence-corrected chi connectivity index (χ3v) is 3.25. The highest BCUT2D eigenvalue weighted by atomic mass is 32.1. The summed E-state index contributed by atoms with van der Waals surface area (Å²) >= 11 is 1.51. The molecule has 92 valence electrons. The molecular formula is C12H10N2O3S. The summed E-state index contributed by atoms with van der Waals surface area (Å²) in [6, 6.07) is 5.02. The van der Waals surface area contributed by atoms with Crippen LogP contribution in [0.25, 0.3) is 0 Å². The summed E-state index contributed by atoms with van der Waals surface area (Å²) in [5.74, 6) is 0.850. The van der Waals surface area contributed by atoms with Crippen molar-refractivity contribution in [2.24, 2.45) is 0 Å². The van der Waals surface area contributed by atoms with Crippen molar-refractivity contribution in [2.45, 2.75) is 0 Å². The van der Waals surface area contributed by atoms with Crippen LogP contribution in [-0.2, 0) is 0 Å². The van der Waals surface area contributed by atoms with Crippen molar-refractivity contribution in [3.63, 3.8) is 0 Å². The maximum absolute atomic E-state index is 12.0. The normalized spacial score (nSPS) is 12.4. The third-order valence-electron chi connectivity index (χ3n) is 2.57. The number of carbonyl (C=O) groups excluding carboxylic acids is 1. The fourth-order valence-corrected chi connectivity index (χ4v) is 2.28. The Morgan fingerprint density at radius 2 is 2.11 bits per heavy atom. The number of ether oxygens (including phenoxy) is 2. The molecule has 0 spiro atoms. The average Bonchev–Trinajstić information content (AvgIpc) is 2.98. The van der Waals surface area contributed by atoms with E-state index >= 15 is 0 Å². The molecule has 1 aliphatic rings. The van der Waals surface area contributed by atoms with Crippen molar-refractivity contribution in [3.8, 4) is 11.5 Å². The lowest BCUT2D eigenvalue weighted by Gasteiger charge is -2.07. The Morgan fingerprint density at radius 1 is 1.33 bits per heavy atom. The summed E-state index contributed by atoms with van der Waals surface area (Å²) in [6.45, 7) is 0.157. The first-order chi connectivity index (χ1) is 8.74. The number of nitrogens with two attached hydrogens (primary N) is 1. The summed E-state index contributed by atoms with van der Waals surface area (Å²) in [6.07, 6.45) is 0. The number of carbonyl (C=O) groups is 1. The molecular weight excluding hydrogens is 252 g/mol. The molecule has 3 N–H and O–H groups in total. The molecule has 0 bridgehead atoms. The van der Waals surface area contributed by atoms with Crippen LogP contribution in [0, 0.1) is 0 Å². The van der Waals surface area contributed by atoms with Gasteiger partial charge in [0.15, 0.2) is 11.5 Å². The van der Waals surface area contributed by atoms with Gasteiger partial charge < -0.3 is 20.5 Å². The number of amides is 1. The molecule has 5 nitrogen and oxygen atoms in total. The van der Waals surface area contributed by atoms with E-state index in [0.29, 0.717) is 22.7 Å². The molecule has 18 heavy (non-hydrogen) atoms. The zero-order valence-electron chi connectivity index (χ0n) is 9.30. The van der Waals surface area contributed by atoms with E-state index in [1.165, 1.54) is 11.3 Å². The predicted octanol–water partition coefficient (Wildman–Crippen LogP) is 2.31. The lowest BCUT2D eigenvalue weighted by molar-refractivity contribution is 0.102. The Bertz CT molecular complexity index is 596. The van der Waals surface area contributed by atoms with Gasteiger partial charge in [-0.1, -0.05) is 0 Å². The van der Waals surface area contributed by atoms with Crippen LogP contribution in [0.3, 0.4) is 0 Å². The highest BCUT2D eigenvalue weighted by molar-refractivity contribution is 7.08. The Morgan fingerprint density at radius 3 is 2.83 bits per heavy atom. The molecule has 0 aliphatic carbocycles. The fraction of sp³-hybridized carbons (Fsp3) is 0.0833. The summed E-state index contributed by atoms with van der Waals surface area (Å²) in [5, 5.41) is 6.50. The van der Waals surface area contributed by atoms with Gasteiger partial charge in [0.25, 0.3) is 5.91 Å². The van der Waals surface area contributed by atoms with Gasteiger partial charge in [0.2, 0.25) is 6.79 Å². The molecule has 0 atom stereocenters. The molecule has 6 heteroatoms. The van der Waals surface area contributed by atoms with Gasteiger partial charge in [-0.3, -0.25) is 4.79 Å². The quantitative estimate of drug-likeness (QED) is 0.814. The first-order valence-electron chi connectivity index (χ1n) is 5.27. The molecule has 1 aromatic carbocycles. The maximum atomic E-state index is 12.0. The highest BCUT2D eigenvalue weighted by Crippen LogP contribution is 2.36. The molecule has 0 unspecified atom stereocenters. The minimum atomic E-state index is -0.260. The Labute approximate surface area is 107 Å². The molecule has 1 aromatic heterocycles. The molecule has 2 heterocycles. The van der Waals surface area contributed by atoms with Gasteiger partial charge in [0, 0.05) is 17.1 Å². The summed E-state index contributed by atoms with van der Waals surface area (Å²) in [7, 11) is 0. The summed E-state index contributed by atoms with van der Waals surface area (Å²) in [5.41, 5.74) is 7.33. The van der Waals surface area contributed by atoms with Crippen LogP contribution in [-0.4, -0.2) is 12.7 Å². The molecule has 1 amide bonds. The minimum Gasteiger partial charge on any atom is -0.454 e. The van der Waals surface area contributed by atoms with E-state index in [1.54, 1.807) is 12.1 Å². The predicted molar refractivity (Wildman–Crippen MR) is 69.2 cm³/mol. The third kappa shape index (κ3) is 1.86. The van der Waals surface area contributed by atoms with Gasteiger partial charge in [0.1, 0.15) is 0 Å². The second kappa shape index (κ2) is 4.23. The van der Waals surface area contributed by atoms with Crippen LogP contribution in [0.4, 0.5) is 11.4 Å². The van der Waals surface area contributed by atoms with Crippen LogP contribution in [0.2, 0.25) is 0 Å². The number of fused-ring (bicyclic) bond motifs is 1.